The molecule has 6 heteroatoms. The van der Waals surface area contributed by atoms with E-state index in [1.54, 1.807) is 29.2 Å². The van der Waals surface area contributed by atoms with E-state index < -0.39 is 0 Å². The fourth-order valence-corrected chi connectivity index (χ4v) is 4.47. The van der Waals surface area contributed by atoms with Gasteiger partial charge < -0.3 is 14.9 Å². The maximum atomic E-state index is 13.4. The molecule has 0 saturated carbocycles. The zero-order valence-corrected chi connectivity index (χ0v) is 18.8. The maximum Gasteiger partial charge on any atom is 0.258 e. The molecule has 0 fully saturated rings. The monoisotopic (exact) mass is 448 g/mol. The number of amides is 2. The lowest BCUT2D eigenvalue weighted by atomic mass is 9.89. The second kappa shape index (κ2) is 9.05. The first-order valence-electron chi connectivity index (χ1n) is 10.7. The second-order valence-corrected chi connectivity index (χ2v) is 8.41. The van der Waals surface area contributed by atoms with E-state index in [1.807, 2.05) is 55.1 Å². The normalized spacial score (nSPS) is 17.5. The summed E-state index contributed by atoms with van der Waals surface area (Å²) in [6.07, 6.45) is 0.959. The first-order chi connectivity index (χ1) is 15.4. The Morgan fingerprint density at radius 2 is 1.69 bits per heavy atom. The summed E-state index contributed by atoms with van der Waals surface area (Å²) in [6.45, 7) is 3.85. The third-order valence-electron chi connectivity index (χ3n) is 5.88. The molecule has 3 aromatic carbocycles. The van der Waals surface area contributed by atoms with Crippen molar-refractivity contribution in [2.45, 2.75) is 38.8 Å². The van der Waals surface area contributed by atoms with Gasteiger partial charge in [0.2, 0.25) is 5.91 Å². The van der Waals surface area contributed by atoms with Crippen molar-refractivity contribution in [1.82, 2.24) is 0 Å². The van der Waals surface area contributed by atoms with Crippen molar-refractivity contribution < 1.29 is 14.7 Å². The van der Waals surface area contributed by atoms with Crippen molar-refractivity contribution >= 4 is 34.8 Å². The van der Waals surface area contributed by atoms with Gasteiger partial charge in [0.15, 0.2) is 0 Å². The number of phenols is 1. The molecule has 3 aromatic rings. The first-order valence-corrected chi connectivity index (χ1v) is 11.1. The zero-order valence-electron chi connectivity index (χ0n) is 18.0. The fourth-order valence-electron chi connectivity index (χ4n) is 4.35. The van der Waals surface area contributed by atoms with Crippen LogP contribution in [0.1, 0.15) is 48.7 Å². The molecular formula is C26H25ClN2O3. The highest BCUT2D eigenvalue weighted by Crippen LogP contribution is 2.43. The summed E-state index contributed by atoms with van der Waals surface area (Å²) in [7, 11) is 0. The van der Waals surface area contributed by atoms with Crippen molar-refractivity contribution in [2.24, 2.45) is 0 Å². The van der Waals surface area contributed by atoms with E-state index in [1.165, 1.54) is 12.1 Å². The van der Waals surface area contributed by atoms with Crippen molar-refractivity contribution in [3.63, 3.8) is 0 Å². The van der Waals surface area contributed by atoms with Crippen LogP contribution in [0.3, 0.4) is 0 Å². The van der Waals surface area contributed by atoms with Gasteiger partial charge in [-0.3, -0.25) is 9.59 Å². The molecule has 0 bridgehead atoms. The van der Waals surface area contributed by atoms with Crippen LogP contribution in [0.25, 0.3) is 0 Å². The molecule has 1 aliphatic rings. The highest BCUT2D eigenvalue weighted by molar-refractivity contribution is 6.30. The summed E-state index contributed by atoms with van der Waals surface area (Å²) in [5, 5.41) is 10.2. The minimum atomic E-state index is -0.210. The molecule has 2 amide bonds. The SMILES string of the molecule is CCC(=O)N(c1ccc(Cl)cc1)C1CC(C)N(C(=O)c2ccc(O)cc2)c2ccccc21. The number of anilines is 2. The van der Waals surface area contributed by atoms with Gasteiger partial charge in [-0.25, -0.2) is 0 Å². The second-order valence-electron chi connectivity index (χ2n) is 7.98. The number of carbonyl (C=O) groups is 2. The Balaban J connectivity index is 1.78. The maximum absolute atomic E-state index is 13.4. The van der Waals surface area contributed by atoms with Crippen LogP contribution in [0.15, 0.2) is 72.8 Å². The predicted octanol–water partition coefficient (Wildman–Crippen LogP) is 5.97. The van der Waals surface area contributed by atoms with Crippen molar-refractivity contribution in [1.29, 1.82) is 0 Å². The number of rotatable bonds is 4. The Labute approximate surface area is 192 Å². The molecule has 0 saturated heterocycles. The molecule has 5 nitrogen and oxygen atoms in total. The van der Waals surface area contributed by atoms with Gasteiger partial charge in [-0.2, -0.15) is 0 Å². The van der Waals surface area contributed by atoms with Crippen LogP contribution in [-0.2, 0) is 4.79 Å². The van der Waals surface area contributed by atoms with E-state index in [2.05, 4.69) is 0 Å². The van der Waals surface area contributed by atoms with Gasteiger partial charge >= 0.3 is 0 Å². The molecule has 4 rings (SSSR count). The summed E-state index contributed by atoms with van der Waals surface area (Å²) in [4.78, 5) is 30.1. The lowest BCUT2D eigenvalue weighted by Gasteiger charge is -2.43. The molecule has 1 aliphatic heterocycles. The molecule has 164 valence electrons. The Hall–Kier alpha value is -3.31. The predicted molar refractivity (Wildman–Crippen MR) is 127 cm³/mol. The quantitative estimate of drug-likeness (QED) is 0.535. The molecule has 1 heterocycles. The summed E-state index contributed by atoms with van der Waals surface area (Å²) in [6, 6.07) is 20.9. The van der Waals surface area contributed by atoms with Gasteiger partial charge in [0.25, 0.3) is 5.91 Å². The molecule has 2 unspecified atom stereocenters. The Morgan fingerprint density at radius 3 is 2.34 bits per heavy atom. The zero-order chi connectivity index (χ0) is 22.8. The highest BCUT2D eigenvalue weighted by Gasteiger charge is 2.38. The molecule has 0 aliphatic carbocycles. The first kappa shape index (κ1) is 21.9. The Bertz CT molecular complexity index is 1130. The minimum Gasteiger partial charge on any atom is -0.508 e. The summed E-state index contributed by atoms with van der Waals surface area (Å²) < 4.78 is 0. The van der Waals surface area contributed by atoms with Gasteiger partial charge in [0.05, 0.1) is 6.04 Å². The molecule has 1 N–H and O–H groups in total. The Morgan fingerprint density at radius 1 is 1.03 bits per heavy atom. The van der Waals surface area contributed by atoms with Crippen LogP contribution in [0.2, 0.25) is 5.02 Å². The fraction of sp³-hybridized carbons (Fsp3) is 0.231. The number of hydrogen-bond acceptors (Lipinski definition) is 3. The number of fused-ring (bicyclic) bond motifs is 1. The third-order valence-corrected chi connectivity index (χ3v) is 6.13. The molecular weight excluding hydrogens is 424 g/mol. The molecule has 0 spiro atoms. The topological polar surface area (TPSA) is 60.9 Å². The lowest BCUT2D eigenvalue weighted by Crippen LogP contribution is -2.47. The van der Waals surface area contributed by atoms with Crippen LogP contribution in [-0.4, -0.2) is 23.0 Å². The lowest BCUT2D eigenvalue weighted by molar-refractivity contribution is -0.118. The van der Waals surface area contributed by atoms with E-state index in [4.69, 9.17) is 11.6 Å². The number of para-hydroxylation sites is 1. The van der Waals surface area contributed by atoms with E-state index in [0.717, 1.165) is 16.9 Å². The molecule has 0 radical (unpaired) electrons. The van der Waals surface area contributed by atoms with E-state index in [0.29, 0.717) is 23.4 Å². The number of nitrogens with zero attached hydrogens (tertiary/aromatic N) is 2. The van der Waals surface area contributed by atoms with E-state index >= 15 is 0 Å². The number of hydrogen-bond donors (Lipinski definition) is 1. The number of halogens is 1. The van der Waals surface area contributed by atoms with Crippen LogP contribution in [0.5, 0.6) is 5.75 Å². The van der Waals surface area contributed by atoms with Crippen LogP contribution in [0, 0.1) is 0 Å². The highest BCUT2D eigenvalue weighted by atomic mass is 35.5. The van der Waals surface area contributed by atoms with Crippen LogP contribution < -0.4 is 9.80 Å². The summed E-state index contributed by atoms with van der Waals surface area (Å²) >= 11 is 6.08. The number of carbonyl (C=O) groups excluding carboxylic acids is 2. The molecule has 32 heavy (non-hydrogen) atoms. The largest absolute Gasteiger partial charge is 0.508 e. The van der Waals surface area contributed by atoms with E-state index in [-0.39, 0.29) is 29.6 Å². The number of phenolic OH excluding ortho intramolecular Hbond substituents is 1. The standard InChI is InChI=1S/C26H25ClN2O3/c1-3-25(31)29(20-12-10-19(27)11-13-20)24-16-17(2)28(23-7-5-4-6-22(23)24)26(32)18-8-14-21(30)15-9-18/h4-15,17,24,30H,3,16H2,1-2H3. The van der Waals surface area contributed by atoms with Crippen molar-refractivity contribution in [2.75, 3.05) is 9.80 Å². The van der Waals surface area contributed by atoms with Gasteiger partial charge in [-0.15, -0.1) is 0 Å². The number of benzene rings is 3. The van der Waals surface area contributed by atoms with Gasteiger partial charge in [0, 0.05) is 34.4 Å². The number of aromatic hydroxyl groups is 1. The smallest absolute Gasteiger partial charge is 0.258 e. The van der Waals surface area contributed by atoms with Gasteiger partial charge in [-0.05, 0) is 73.5 Å². The van der Waals surface area contributed by atoms with Gasteiger partial charge in [0.1, 0.15) is 5.75 Å². The summed E-state index contributed by atoms with van der Waals surface area (Å²) in [5.41, 5.74) is 3.00. The van der Waals surface area contributed by atoms with E-state index in [9.17, 15) is 14.7 Å². The van der Waals surface area contributed by atoms with Crippen LogP contribution >= 0.6 is 11.6 Å². The Kier molecular flexibility index (Phi) is 6.19. The average molecular weight is 449 g/mol. The minimum absolute atomic E-state index is 0.0117. The van der Waals surface area contributed by atoms with Crippen LogP contribution in [0.4, 0.5) is 11.4 Å². The van der Waals surface area contributed by atoms with Crippen molar-refractivity contribution in [3.8, 4) is 5.75 Å². The molecule has 2 atom stereocenters. The van der Waals surface area contributed by atoms with Gasteiger partial charge in [-0.1, -0.05) is 36.7 Å². The average Bonchev–Trinajstić information content (AvgIpc) is 2.80. The summed E-state index contributed by atoms with van der Waals surface area (Å²) in [5.74, 6) is -0.00807. The molecule has 0 aromatic heterocycles. The third kappa shape index (κ3) is 4.08. The van der Waals surface area contributed by atoms with Crippen molar-refractivity contribution in [3.05, 3.63) is 88.9 Å².